The van der Waals surface area contributed by atoms with Crippen molar-refractivity contribution in [3.05, 3.63) is 51.1 Å². The van der Waals surface area contributed by atoms with Crippen LogP contribution in [0.3, 0.4) is 0 Å². The second kappa shape index (κ2) is 5.45. The predicted molar refractivity (Wildman–Crippen MR) is 70.5 cm³/mol. The fraction of sp³-hybridized carbons (Fsp3) is 0. The minimum atomic E-state index is 0.167. The topological polar surface area (TPSA) is 45.9 Å². The lowest BCUT2D eigenvalue weighted by atomic mass is 10.3. The van der Waals surface area contributed by atoms with E-state index in [2.05, 4.69) is 4.98 Å². The van der Waals surface area contributed by atoms with Crippen LogP contribution in [0, 0.1) is 11.3 Å². The summed E-state index contributed by atoms with van der Waals surface area (Å²) >= 11 is 17.6. The third kappa shape index (κ3) is 2.68. The molecule has 0 saturated heterocycles. The van der Waals surface area contributed by atoms with Crippen molar-refractivity contribution in [2.45, 2.75) is 0 Å². The summed E-state index contributed by atoms with van der Waals surface area (Å²) in [6, 6.07) is 8.15. The van der Waals surface area contributed by atoms with Crippen LogP contribution in [0.4, 0.5) is 0 Å². The minimum Gasteiger partial charge on any atom is -0.436 e. The van der Waals surface area contributed by atoms with Crippen LogP contribution in [0.25, 0.3) is 0 Å². The average Bonchev–Trinajstić information content (AvgIpc) is 2.36. The van der Waals surface area contributed by atoms with E-state index in [-0.39, 0.29) is 5.88 Å². The molecule has 90 valence electrons. The summed E-state index contributed by atoms with van der Waals surface area (Å²) in [6.07, 6.45) is 1.52. The van der Waals surface area contributed by atoms with E-state index < -0.39 is 0 Å². The zero-order valence-corrected chi connectivity index (χ0v) is 11.1. The molecule has 1 heterocycles. The molecule has 0 N–H and O–H groups in total. The van der Waals surface area contributed by atoms with Gasteiger partial charge in [-0.3, -0.25) is 0 Å². The van der Waals surface area contributed by atoms with Crippen molar-refractivity contribution in [2.24, 2.45) is 0 Å². The highest BCUT2D eigenvalue weighted by atomic mass is 35.5. The number of nitrogens with zero attached hydrogens (tertiary/aromatic N) is 2. The Labute approximate surface area is 118 Å². The monoisotopic (exact) mass is 298 g/mol. The van der Waals surface area contributed by atoms with Gasteiger partial charge in [-0.15, -0.1) is 0 Å². The molecule has 0 aliphatic rings. The Kier molecular flexibility index (Phi) is 3.93. The molecule has 0 saturated carbocycles. The maximum atomic E-state index is 8.91. The second-order valence-electron chi connectivity index (χ2n) is 3.27. The van der Waals surface area contributed by atoms with Gasteiger partial charge in [-0.05, 0) is 18.2 Å². The fourth-order valence-electron chi connectivity index (χ4n) is 1.24. The van der Waals surface area contributed by atoms with Gasteiger partial charge in [0, 0.05) is 12.3 Å². The number of halogens is 3. The molecule has 18 heavy (non-hydrogen) atoms. The van der Waals surface area contributed by atoms with Crippen LogP contribution in [-0.4, -0.2) is 4.98 Å². The number of nitriles is 1. The molecule has 0 radical (unpaired) electrons. The third-order valence-corrected chi connectivity index (χ3v) is 3.09. The summed E-state index contributed by atoms with van der Waals surface area (Å²) in [7, 11) is 0. The van der Waals surface area contributed by atoms with E-state index in [1.165, 1.54) is 18.3 Å². The van der Waals surface area contributed by atoms with Crippen molar-refractivity contribution in [3.8, 4) is 17.7 Å². The Morgan fingerprint density at radius 1 is 1.11 bits per heavy atom. The Balaban J connectivity index is 2.41. The van der Waals surface area contributed by atoms with Gasteiger partial charge >= 0.3 is 0 Å². The number of ether oxygens (including phenoxy) is 1. The first-order valence-corrected chi connectivity index (χ1v) is 5.92. The molecule has 0 fully saturated rings. The summed E-state index contributed by atoms with van der Waals surface area (Å²) in [5.41, 5.74) is 0.305. The number of pyridine rings is 1. The molecule has 0 spiro atoms. The Morgan fingerprint density at radius 2 is 1.83 bits per heavy atom. The SMILES string of the molecule is N#Cc1cccnc1Oc1cc(Cl)c(Cl)cc1Cl. The van der Waals surface area contributed by atoms with Gasteiger partial charge in [0.1, 0.15) is 17.4 Å². The predicted octanol–water partition coefficient (Wildman–Crippen LogP) is 4.71. The van der Waals surface area contributed by atoms with E-state index in [1.54, 1.807) is 12.1 Å². The highest BCUT2D eigenvalue weighted by Crippen LogP contribution is 2.36. The van der Waals surface area contributed by atoms with Gasteiger partial charge in [0.05, 0.1) is 15.1 Å². The van der Waals surface area contributed by atoms with Crippen molar-refractivity contribution in [1.29, 1.82) is 5.26 Å². The molecule has 2 rings (SSSR count). The summed E-state index contributed by atoms with van der Waals surface area (Å²) < 4.78 is 5.46. The van der Waals surface area contributed by atoms with E-state index >= 15 is 0 Å². The van der Waals surface area contributed by atoms with E-state index in [9.17, 15) is 0 Å². The molecule has 0 amide bonds. The second-order valence-corrected chi connectivity index (χ2v) is 4.49. The summed E-state index contributed by atoms with van der Waals surface area (Å²) in [5.74, 6) is 0.460. The van der Waals surface area contributed by atoms with Crippen LogP contribution < -0.4 is 4.74 Å². The molecule has 1 aromatic carbocycles. The lowest BCUT2D eigenvalue weighted by Crippen LogP contribution is -1.92. The van der Waals surface area contributed by atoms with Crippen molar-refractivity contribution in [2.75, 3.05) is 0 Å². The van der Waals surface area contributed by atoms with E-state index in [0.29, 0.717) is 26.4 Å². The number of hydrogen-bond donors (Lipinski definition) is 0. The smallest absolute Gasteiger partial charge is 0.237 e. The fourth-order valence-corrected chi connectivity index (χ4v) is 1.82. The van der Waals surface area contributed by atoms with E-state index in [4.69, 9.17) is 44.8 Å². The zero-order valence-electron chi connectivity index (χ0n) is 8.82. The van der Waals surface area contributed by atoms with Gasteiger partial charge in [0.25, 0.3) is 0 Å². The largest absolute Gasteiger partial charge is 0.436 e. The average molecular weight is 300 g/mol. The molecule has 1 aromatic heterocycles. The van der Waals surface area contributed by atoms with Crippen LogP contribution in [0.1, 0.15) is 5.56 Å². The number of aromatic nitrogens is 1. The van der Waals surface area contributed by atoms with Gasteiger partial charge in [-0.25, -0.2) is 4.98 Å². The number of hydrogen-bond acceptors (Lipinski definition) is 3. The van der Waals surface area contributed by atoms with E-state index in [1.807, 2.05) is 6.07 Å². The molecule has 0 aliphatic carbocycles. The Morgan fingerprint density at radius 3 is 2.56 bits per heavy atom. The van der Waals surface area contributed by atoms with Crippen LogP contribution >= 0.6 is 34.8 Å². The molecule has 0 unspecified atom stereocenters. The zero-order chi connectivity index (χ0) is 13.1. The van der Waals surface area contributed by atoms with Crippen LogP contribution in [0.5, 0.6) is 11.6 Å². The van der Waals surface area contributed by atoms with Crippen molar-refractivity contribution >= 4 is 34.8 Å². The maximum absolute atomic E-state index is 8.91. The number of rotatable bonds is 2. The van der Waals surface area contributed by atoms with Crippen LogP contribution in [0.15, 0.2) is 30.5 Å². The maximum Gasteiger partial charge on any atom is 0.237 e. The van der Waals surface area contributed by atoms with Crippen LogP contribution in [0.2, 0.25) is 15.1 Å². The molecule has 3 nitrogen and oxygen atoms in total. The third-order valence-electron chi connectivity index (χ3n) is 2.07. The van der Waals surface area contributed by atoms with Gasteiger partial charge in [0.15, 0.2) is 0 Å². The van der Waals surface area contributed by atoms with Crippen molar-refractivity contribution < 1.29 is 4.74 Å². The standard InChI is InChI=1S/C12H5Cl3N2O/c13-8-4-10(15)11(5-9(8)14)18-12-7(6-16)2-1-3-17-12/h1-5H. The summed E-state index contributed by atoms with van der Waals surface area (Å²) in [5, 5.41) is 9.84. The molecule has 0 aliphatic heterocycles. The van der Waals surface area contributed by atoms with Gasteiger partial charge in [-0.1, -0.05) is 34.8 Å². The first-order valence-electron chi connectivity index (χ1n) is 4.79. The van der Waals surface area contributed by atoms with Gasteiger partial charge in [0.2, 0.25) is 5.88 Å². The first kappa shape index (κ1) is 13.0. The molecular weight excluding hydrogens is 295 g/mol. The Hall–Kier alpha value is -1.47. The number of benzene rings is 1. The van der Waals surface area contributed by atoms with Crippen molar-refractivity contribution in [1.82, 2.24) is 4.98 Å². The minimum absolute atomic E-state index is 0.167. The summed E-state index contributed by atoms with van der Waals surface area (Å²) in [4.78, 5) is 3.96. The lowest BCUT2D eigenvalue weighted by molar-refractivity contribution is 0.461. The van der Waals surface area contributed by atoms with Crippen molar-refractivity contribution in [3.63, 3.8) is 0 Å². The highest BCUT2D eigenvalue weighted by Gasteiger charge is 2.11. The first-order chi connectivity index (χ1) is 8.61. The molecule has 0 bridgehead atoms. The molecular formula is C12H5Cl3N2O. The Bertz CT molecular complexity index is 638. The van der Waals surface area contributed by atoms with Crippen LogP contribution in [-0.2, 0) is 0 Å². The van der Waals surface area contributed by atoms with Gasteiger partial charge in [-0.2, -0.15) is 5.26 Å². The quantitative estimate of drug-likeness (QED) is 0.755. The van der Waals surface area contributed by atoms with Gasteiger partial charge < -0.3 is 4.74 Å². The molecule has 2 aromatic rings. The molecule has 0 atom stereocenters. The normalized spacial score (nSPS) is 9.89. The molecule has 6 heteroatoms. The lowest BCUT2D eigenvalue weighted by Gasteiger charge is -2.08. The summed E-state index contributed by atoms with van der Waals surface area (Å²) in [6.45, 7) is 0. The highest BCUT2D eigenvalue weighted by molar-refractivity contribution is 6.43. The van der Waals surface area contributed by atoms with E-state index in [0.717, 1.165) is 0 Å².